The van der Waals surface area contributed by atoms with Gasteiger partial charge in [-0.25, -0.2) is 13.4 Å². The van der Waals surface area contributed by atoms with E-state index < -0.39 is 10.0 Å². The van der Waals surface area contributed by atoms with Crippen LogP contribution in [0.15, 0.2) is 34.9 Å². The first-order valence-corrected chi connectivity index (χ1v) is 18.5. The van der Waals surface area contributed by atoms with Crippen LogP contribution in [0.5, 0.6) is 17.2 Å². The van der Waals surface area contributed by atoms with Gasteiger partial charge in [0.1, 0.15) is 24.8 Å². The Bertz CT molecular complexity index is 1720. The predicted octanol–water partition coefficient (Wildman–Crippen LogP) is 4.77. The van der Waals surface area contributed by atoms with Gasteiger partial charge in [0.25, 0.3) is 0 Å². The van der Waals surface area contributed by atoms with Crippen LogP contribution in [0.1, 0.15) is 12.8 Å². The van der Waals surface area contributed by atoms with E-state index in [9.17, 15) is 8.42 Å². The number of ether oxygens (including phenoxy) is 3. The fourth-order valence-corrected chi connectivity index (χ4v) is 7.17. The highest BCUT2D eigenvalue weighted by atomic mass is 79.9. The molecule has 0 saturated carbocycles. The molecule has 2 N–H and O–H groups in total. The monoisotopic (exact) mass is 750 g/mol. The zero-order valence-electron chi connectivity index (χ0n) is 26.9. The molecule has 2 saturated heterocycles. The summed E-state index contributed by atoms with van der Waals surface area (Å²) < 4.78 is 43.9. The summed E-state index contributed by atoms with van der Waals surface area (Å²) in [4.78, 5) is 16.5. The first-order chi connectivity index (χ1) is 22.5. The van der Waals surface area contributed by atoms with Crippen LogP contribution < -0.4 is 34.0 Å². The zero-order valence-corrected chi connectivity index (χ0v) is 30.1. The molecule has 2 fully saturated rings. The summed E-state index contributed by atoms with van der Waals surface area (Å²) in [5.41, 5.74) is 2.37. The molecule has 0 aliphatic carbocycles. The number of piperazine rings is 1. The van der Waals surface area contributed by atoms with Gasteiger partial charge in [-0.15, -0.1) is 0 Å². The van der Waals surface area contributed by atoms with Crippen LogP contribution in [-0.4, -0.2) is 114 Å². The van der Waals surface area contributed by atoms with Crippen LogP contribution >= 0.6 is 27.5 Å². The molecule has 6 rings (SSSR count). The molecule has 13 nitrogen and oxygen atoms in total. The Labute approximate surface area is 289 Å². The van der Waals surface area contributed by atoms with E-state index in [1.807, 2.05) is 12.1 Å². The molecule has 16 heteroatoms. The third kappa shape index (κ3) is 7.59. The van der Waals surface area contributed by atoms with Crippen molar-refractivity contribution in [3.05, 3.63) is 40.0 Å². The molecule has 0 spiro atoms. The SMILES string of the molecule is COc1cc(N2CCC(N3CCN(C)CC3)CC2)c(Cl)cc1Nc1ncc(Br)c(Nc2cc3c(cc2N(C)S(C)(=O)=O)OCCO3)n1. The van der Waals surface area contributed by atoms with E-state index in [2.05, 4.69) is 58.3 Å². The Hall–Kier alpha value is -3.24. The summed E-state index contributed by atoms with van der Waals surface area (Å²) in [6.07, 6.45) is 4.92. The van der Waals surface area contributed by atoms with Crippen molar-refractivity contribution in [1.82, 2.24) is 19.8 Å². The predicted molar refractivity (Wildman–Crippen MR) is 189 cm³/mol. The molecule has 3 aromatic rings. The number of rotatable bonds is 9. The number of piperidine rings is 1. The number of hydrogen-bond acceptors (Lipinski definition) is 12. The summed E-state index contributed by atoms with van der Waals surface area (Å²) in [5.74, 6) is 2.24. The highest BCUT2D eigenvalue weighted by Crippen LogP contribution is 2.43. The van der Waals surface area contributed by atoms with Crippen molar-refractivity contribution in [3.8, 4) is 17.2 Å². The number of anilines is 6. The molecule has 3 aliphatic rings. The Morgan fingerprint density at radius 2 is 1.68 bits per heavy atom. The van der Waals surface area contributed by atoms with E-state index in [4.69, 9.17) is 25.8 Å². The van der Waals surface area contributed by atoms with Crippen molar-refractivity contribution < 1.29 is 22.6 Å². The zero-order chi connectivity index (χ0) is 33.3. The van der Waals surface area contributed by atoms with Gasteiger partial charge in [0, 0.05) is 76.8 Å². The van der Waals surface area contributed by atoms with Crippen molar-refractivity contribution in [1.29, 1.82) is 0 Å². The quantitative estimate of drug-likeness (QED) is 0.313. The first-order valence-electron chi connectivity index (χ1n) is 15.5. The number of methoxy groups -OCH3 is 1. The molecule has 47 heavy (non-hydrogen) atoms. The number of nitrogens with zero attached hydrogens (tertiary/aromatic N) is 6. The fourth-order valence-electron chi connectivity index (χ4n) is 6.09. The van der Waals surface area contributed by atoms with Gasteiger partial charge in [-0.3, -0.25) is 9.21 Å². The summed E-state index contributed by atoms with van der Waals surface area (Å²) in [5, 5.41) is 7.09. The van der Waals surface area contributed by atoms with Crippen molar-refractivity contribution in [2.75, 3.05) is 99.8 Å². The minimum absolute atomic E-state index is 0.279. The van der Waals surface area contributed by atoms with Crippen LogP contribution in [0.4, 0.5) is 34.5 Å². The molecule has 2 aromatic carbocycles. The first kappa shape index (κ1) is 33.7. The third-order valence-corrected chi connectivity index (χ3v) is 10.9. The lowest BCUT2D eigenvalue weighted by Crippen LogP contribution is -2.52. The largest absolute Gasteiger partial charge is 0.494 e. The minimum Gasteiger partial charge on any atom is -0.494 e. The second kappa shape index (κ2) is 14.1. The van der Waals surface area contributed by atoms with E-state index in [0.717, 1.165) is 64.1 Å². The molecule has 0 unspecified atom stereocenters. The molecular weight excluding hydrogens is 712 g/mol. The summed E-state index contributed by atoms with van der Waals surface area (Å²) in [7, 11) is 1.70. The van der Waals surface area contributed by atoms with E-state index >= 15 is 0 Å². The van der Waals surface area contributed by atoms with Gasteiger partial charge < -0.3 is 34.6 Å². The van der Waals surface area contributed by atoms with Crippen LogP contribution in [-0.2, 0) is 10.0 Å². The maximum Gasteiger partial charge on any atom is 0.232 e. The maximum atomic E-state index is 12.5. The third-order valence-electron chi connectivity index (χ3n) is 8.87. The normalized spacial score (nSPS) is 17.8. The molecular formula is C31H40BrClN8O5S. The molecule has 0 amide bonds. The van der Waals surface area contributed by atoms with Gasteiger partial charge in [0.2, 0.25) is 16.0 Å². The number of nitrogens with one attached hydrogen (secondary N) is 2. The standard InChI is InChI=1S/C31H40BrClN8O5S/c1-38-9-11-40(12-10-38)20-5-7-41(8-6-20)25-17-27(44-3)24(15-22(25)33)36-31-34-19-21(32)30(37-31)35-23-16-28-29(46-14-13-45-28)18-26(23)39(2)47(4,42)43/h15-20H,5-14H2,1-4H3,(H2,34,35,36,37). The highest BCUT2D eigenvalue weighted by molar-refractivity contribution is 9.10. The topological polar surface area (TPSA) is 125 Å². The number of likely N-dealkylation sites (N-methyl/N-ethyl adjacent to an activating group) is 1. The minimum atomic E-state index is -3.58. The van der Waals surface area contributed by atoms with Crippen LogP contribution in [0.2, 0.25) is 5.02 Å². The van der Waals surface area contributed by atoms with Crippen LogP contribution in [0, 0.1) is 0 Å². The summed E-state index contributed by atoms with van der Waals surface area (Å²) >= 11 is 10.4. The molecule has 4 heterocycles. The molecule has 1 aromatic heterocycles. The van der Waals surface area contributed by atoms with Gasteiger partial charge in [-0.05, 0) is 41.9 Å². The number of fused-ring (bicyclic) bond motifs is 1. The smallest absolute Gasteiger partial charge is 0.232 e. The number of aromatic nitrogens is 2. The Morgan fingerprint density at radius 1 is 1.00 bits per heavy atom. The molecule has 0 atom stereocenters. The van der Waals surface area contributed by atoms with Crippen LogP contribution in [0.25, 0.3) is 0 Å². The number of sulfonamides is 1. The van der Waals surface area contributed by atoms with E-state index in [0.29, 0.717) is 68.9 Å². The van der Waals surface area contributed by atoms with Crippen molar-refractivity contribution in [2.45, 2.75) is 18.9 Å². The molecule has 0 radical (unpaired) electrons. The van der Waals surface area contributed by atoms with Gasteiger partial charge >= 0.3 is 0 Å². The van der Waals surface area contributed by atoms with Gasteiger partial charge in [0.05, 0.1) is 45.6 Å². The summed E-state index contributed by atoms with van der Waals surface area (Å²) in [6.45, 7) is 7.10. The molecule has 3 aliphatic heterocycles. The van der Waals surface area contributed by atoms with Crippen molar-refractivity contribution in [3.63, 3.8) is 0 Å². The average molecular weight is 752 g/mol. The van der Waals surface area contributed by atoms with Crippen molar-refractivity contribution >= 4 is 72.1 Å². The van der Waals surface area contributed by atoms with E-state index in [1.54, 1.807) is 25.4 Å². The van der Waals surface area contributed by atoms with E-state index in [-0.39, 0.29) is 5.95 Å². The molecule has 254 valence electrons. The second-order valence-corrected chi connectivity index (χ2v) is 15.2. The van der Waals surface area contributed by atoms with Gasteiger partial charge in [0.15, 0.2) is 11.5 Å². The fraction of sp³-hybridized carbons (Fsp3) is 0.484. The Balaban J connectivity index is 1.21. The average Bonchev–Trinajstić information content (AvgIpc) is 3.06. The van der Waals surface area contributed by atoms with E-state index in [1.165, 1.54) is 11.4 Å². The lowest BCUT2D eigenvalue weighted by atomic mass is 10.0. The lowest BCUT2D eigenvalue weighted by molar-refractivity contribution is 0.0982. The second-order valence-electron chi connectivity index (χ2n) is 11.9. The highest BCUT2D eigenvalue weighted by Gasteiger charge is 2.28. The maximum absolute atomic E-state index is 12.5. The number of halogens is 2. The van der Waals surface area contributed by atoms with Crippen LogP contribution in [0.3, 0.4) is 0 Å². The summed E-state index contributed by atoms with van der Waals surface area (Å²) in [6, 6.07) is 7.73. The van der Waals surface area contributed by atoms with Gasteiger partial charge in [-0.2, -0.15) is 4.98 Å². The Morgan fingerprint density at radius 3 is 2.34 bits per heavy atom. The lowest BCUT2D eigenvalue weighted by Gasteiger charge is -2.42. The Kier molecular flexibility index (Phi) is 10.1. The van der Waals surface area contributed by atoms with Gasteiger partial charge in [-0.1, -0.05) is 11.6 Å². The molecule has 0 bridgehead atoms. The van der Waals surface area contributed by atoms with Crippen molar-refractivity contribution in [2.24, 2.45) is 0 Å². The number of hydrogen-bond donors (Lipinski definition) is 2. The number of benzene rings is 2.